The highest BCUT2D eigenvalue weighted by Crippen LogP contribution is 2.46. The fraction of sp³-hybridized carbons (Fsp3) is 0.750. The van der Waals surface area contributed by atoms with Crippen LogP contribution in [0, 0.1) is 0 Å². The van der Waals surface area contributed by atoms with Gasteiger partial charge >= 0.3 is 0 Å². The molecule has 0 amide bonds. The Labute approximate surface area is 129 Å². The van der Waals surface area contributed by atoms with E-state index in [0.29, 0.717) is 25.7 Å². The maximum Gasteiger partial charge on any atom is 0.198 e. The van der Waals surface area contributed by atoms with Crippen LogP contribution in [-0.2, 0) is 28.7 Å². The van der Waals surface area contributed by atoms with Crippen molar-refractivity contribution >= 4 is 23.1 Å². The van der Waals surface area contributed by atoms with Crippen LogP contribution in [0.2, 0.25) is 0 Å². The summed E-state index contributed by atoms with van der Waals surface area (Å²) >= 11 is 0. The van der Waals surface area contributed by atoms with E-state index in [4.69, 9.17) is 9.47 Å². The van der Waals surface area contributed by atoms with Gasteiger partial charge in [0.25, 0.3) is 0 Å². The SMILES string of the molecule is COC1(C2(OC)CCC(=O)C(=O)CC2)CCC(=O)C(=O)CC1. The van der Waals surface area contributed by atoms with Gasteiger partial charge in [0.1, 0.15) is 0 Å². The summed E-state index contributed by atoms with van der Waals surface area (Å²) in [6.45, 7) is 0. The third-order valence-corrected chi connectivity index (χ3v) is 5.26. The monoisotopic (exact) mass is 310 g/mol. The van der Waals surface area contributed by atoms with Gasteiger partial charge in [-0.15, -0.1) is 0 Å². The fourth-order valence-electron chi connectivity index (χ4n) is 3.76. The highest BCUT2D eigenvalue weighted by molar-refractivity contribution is 6.37. The smallest absolute Gasteiger partial charge is 0.198 e. The molecule has 0 aromatic rings. The molecule has 0 bridgehead atoms. The molecule has 0 heterocycles. The predicted octanol–water partition coefficient (Wildman–Crippen LogP) is 1.18. The molecule has 2 aliphatic carbocycles. The molecule has 2 rings (SSSR count). The molecule has 22 heavy (non-hydrogen) atoms. The Bertz CT molecular complexity index is 425. The van der Waals surface area contributed by atoms with Crippen molar-refractivity contribution in [3.63, 3.8) is 0 Å². The minimum atomic E-state index is -0.825. The average molecular weight is 310 g/mol. The van der Waals surface area contributed by atoms with Gasteiger partial charge in [0.05, 0.1) is 11.2 Å². The third-order valence-electron chi connectivity index (χ3n) is 5.26. The number of hydrogen-bond acceptors (Lipinski definition) is 6. The summed E-state index contributed by atoms with van der Waals surface area (Å²) in [4.78, 5) is 46.8. The normalized spacial score (nSPS) is 25.7. The maximum atomic E-state index is 11.7. The molecule has 122 valence electrons. The summed E-state index contributed by atoms with van der Waals surface area (Å²) in [5.74, 6) is -1.53. The van der Waals surface area contributed by atoms with Gasteiger partial charge in [0, 0.05) is 39.9 Å². The lowest BCUT2D eigenvalue weighted by atomic mass is 9.72. The van der Waals surface area contributed by atoms with Gasteiger partial charge in [0.15, 0.2) is 23.1 Å². The van der Waals surface area contributed by atoms with Crippen LogP contribution in [0.15, 0.2) is 0 Å². The van der Waals surface area contributed by atoms with Crippen LogP contribution in [0.25, 0.3) is 0 Å². The summed E-state index contributed by atoms with van der Waals surface area (Å²) in [5.41, 5.74) is -1.65. The lowest BCUT2D eigenvalue weighted by molar-refractivity contribution is -0.198. The van der Waals surface area contributed by atoms with Gasteiger partial charge in [0.2, 0.25) is 0 Å². The van der Waals surface area contributed by atoms with Crippen LogP contribution >= 0.6 is 0 Å². The van der Waals surface area contributed by atoms with Crippen molar-refractivity contribution in [3.8, 4) is 0 Å². The van der Waals surface area contributed by atoms with Crippen molar-refractivity contribution in [2.45, 2.75) is 62.6 Å². The number of hydrogen-bond donors (Lipinski definition) is 0. The first-order valence-electron chi connectivity index (χ1n) is 7.62. The molecular formula is C16H22O6. The number of carbonyl (C=O) groups excluding carboxylic acids is 4. The molecule has 2 saturated carbocycles. The van der Waals surface area contributed by atoms with Crippen molar-refractivity contribution in [2.75, 3.05) is 14.2 Å². The molecule has 2 aliphatic rings. The molecule has 0 radical (unpaired) electrons. The first-order chi connectivity index (χ1) is 10.4. The molecule has 0 atom stereocenters. The molecular weight excluding hydrogens is 288 g/mol. The second kappa shape index (κ2) is 6.38. The number of carbonyl (C=O) groups is 4. The van der Waals surface area contributed by atoms with E-state index >= 15 is 0 Å². The van der Waals surface area contributed by atoms with E-state index < -0.39 is 11.2 Å². The van der Waals surface area contributed by atoms with Crippen LogP contribution in [0.3, 0.4) is 0 Å². The first-order valence-corrected chi connectivity index (χ1v) is 7.62. The lowest BCUT2D eigenvalue weighted by Crippen LogP contribution is -2.56. The van der Waals surface area contributed by atoms with Crippen LogP contribution in [0.1, 0.15) is 51.4 Å². The van der Waals surface area contributed by atoms with Crippen molar-refractivity contribution in [1.82, 2.24) is 0 Å². The van der Waals surface area contributed by atoms with E-state index in [2.05, 4.69) is 0 Å². The Morgan fingerprint density at radius 2 is 0.818 bits per heavy atom. The fourth-order valence-corrected chi connectivity index (χ4v) is 3.76. The van der Waals surface area contributed by atoms with Crippen molar-refractivity contribution in [1.29, 1.82) is 0 Å². The van der Waals surface area contributed by atoms with E-state index in [1.54, 1.807) is 0 Å². The Kier molecular flexibility index (Phi) is 4.92. The summed E-state index contributed by atoms with van der Waals surface area (Å²) in [7, 11) is 3.07. The zero-order valence-electron chi connectivity index (χ0n) is 13.1. The molecule has 6 nitrogen and oxygen atoms in total. The highest BCUT2D eigenvalue weighted by atomic mass is 16.5. The van der Waals surface area contributed by atoms with Gasteiger partial charge in [-0.05, 0) is 25.7 Å². The number of methoxy groups -OCH3 is 2. The predicted molar refractivity (Wildman–Crippen MR) is 76.4 cm³/mol. The van der Waals surface area contributed by atoms with E-state index in [0.717, 1.165) is 0 Å². The summed E-state index contributed by atoms with van der Waals surface area (Å²) < 4.78 is 11.5. The molecule has 0 spiro atoms. The minimum Gasteiger partial charge on any atom is -0.375 e. The average Bonchev–Trinajstić information content (AvgIpc) is 2.77. The first kappa shape index (κ1) is 17.0. The maximum absolute atomic E-state index is 11.7. The number of ketones is 4. The van der Waals surface area contributed by atoms with E-state index in [-0.39, 0.29) is 48.8 Å². The van der Waals surface area contributed by atoms with Crippen molar-refractivity contribution in [2.24, 2.45) is 0 Å². The molecule has 6 heteroatoms. The molecule has 0 unspecified atom stereocenters. The summed E-state index contributed by atoms with van der Waals surface area (Å²) in [6, 6.07) is 0. The van der Waals surface area contributed by atoms with Crippen LogP contribution in [0.5, 0.6) is 0 Å². The highest BCUT2D eigenvalue weighted by Gasteiger charge is 2.54. The van der Waals surface area contributed by atoms with E-state index in [9.17, 15) is 19.2 Å². The third kappa shape index (κ3) is 2.77. The van der Waals surface area contributed by atoms with Crippen LogP contribution in [0.4, 0.5) is 0 Å². The molecule has 0 N–H and O–H groups in total. The standard InChI is InChI=1S/C16H22O6/c1-21-15(7-3-11(17)12(18)4-8-15)16(22-2)9-5-13(19)14(20)6-10-16/h3-10H2,1-2H3. The number of Topliss-reactive ketones (excluding diaryl/α,β-unsaturated/α-hetero) is 4. The zero-order chi connectivity index (χ0) is 16.4. The van der Waals surface area contributed by atoms with Gasteiger partial charge in [-0.1, -0.05) is 0 Å². The Morgan fingerprint density at radius 1 is 0.591 bits per heavy atom. The number of rotatable bonds is 3. The number of ether oxygens (including phenoxy) is 2. The van der Waals surface area contributed by atoms with Crippen molar-refractivity contribution < 1.29 is 28.7 Å². The lowest BCUT2D eigenvalue weighted by Gasteiger charge is -2.48. The quantitative estimate of drug-likeness (QED) is 0.574. The topological polar surface area (TPSA) is 86.7 Å². The second-order valence-electron chi connectivity index (χ2n) is 6.09. The molecule has 0 aromatic heterocycles. The van der Waals surface area contributed by atoms with Gasteiger partial charge in [-0.25, -0.2) is 0 Å². The Morgan fingerprint density at radius 3 is 1.00 bits per heavy atom. The molecule has 0 aromatic carbocycles. The van der Waals surface area contributed by atoms with E-state index in [1.807, 2.05) is 0 Å². The zero-order valence-corrected chi connectivity index (χ0v) is 13.1. The Hall–Kier alpha value is -1.40. The van der Waals surface area contributed by atoms with Crippen LogP contribution < -0.4 is 0 Å². The minimum absolute atomic E-state index is 0.111. The van der Waals surface area contributed by atoms with Gasteiger partial charge in [-0.2, -0.15) is 0 Å². The Balaban J connectivity index is 2.36. The largest absolute Gasteiger partial charge is 0.375 e. The van der Waals surface area contributed by atoms with Gasteiger partial charge in [-0.3, -0.25) is 19.2 Å². The second-order valence-corrected chi connectivity index (χ2v) is 6.09. The van der Waals surface area contributed by atoms with Crippen LogP contribution in [-0.4, -0.2) is 48.6 Å². The molecule has 0 aliphatic heterocycles. The van der Waals surface area contributed by atoms with E-state index in [1.165, 1.54) is 14.2 Å². The van der Waals surface area contributed by atoms with Crippen molar-refractivity contribution in [3.05, 3.63) is 0 Å². The summed E-state index contributed by atoms with van der Waals surface area (Å²) in [5, 5.41) is 0. The molecule has 0 saturated heterocycles. The summed E-state index contributed by atoms with van der Waals surface area (Å²) in [6.07, 6.45) is 1.90. The van der Waals surface area contributed by atoms with Gasteiger partial charge < -0.3 is 9.47 Å². The molecule has 2 fully saturated rings.